The van der Waals surface area contributed by atoms with Crippen molar-refractivity contribution in [3.05, 3.63) is 81.7 Å². The summed E-state index contributed by atoms with van der Waals surface area (Å²) in [4.78, 5) is 19.9. The number of aromatic nitrogens is 4. The van der Waals surface area contributed by atoms with Crippen molar-refractivity contribution >= 4 is 31.8 Å². The van der Waals surface area contributed by atoms with Crippen LogP contribution in [0.15, 0.2) is 47.2 Å². The Morgan fingerprint density at radius 1 is 0.786 bits per heavy atom. The molecule has 4 aliphatic rings. The number of carbonyl (C=O) groups is 1. The SMILES string of the molecule is C[C@@H](O)Cn1cnc(S(=O)(=O)NC(=O)Nc2c3c(cc4c2CCC4)CCC3)c1.C[C@@H](O)Cn1cnc(S(N)(=O)=O)c1.N#COc1c2c(cc3c1CCC3)CCC2. The number of nitriles is 1. The molecule has 0 aliphatic heterocycles. The number of anilines is 1. The van der Waals surface area contributed by atoms with Gasteiger partial charge in [0.25, 0.3) is 26.3 Å². The van der Waals surface area contributed by atoms with Gasteiger partial charge in [-0.25, -0.2) is 33.0 Å². The number of nitrogens with zero attached hydrogens (tertiary/aromatic N) is 5. The quantitative estimate of drug-likeness (QED) is 0.154. The molecule has 0 fully saturated rings. The highest BCUT2D eigenvalue weighted by Crippen LogP contribution is 2.40. The van der Waals surface area contributed by atoms with Gasteiger partial charge in [-0.2, -0.15) is 8.42 Å². The van der Waals surface area contributed by atoms with E-state index in [2.05, 4.69) is 32.1 Å². The number of imidazole rings is 2. The largest absolute Gasteiger partial charge is 0.392 e. The van der Waals surface area contributed by atoms with Crippen LogP contribution in [0, 0.1) is 11.5 Å². The van der Waals surface area contributed by atoms with Gasteiger partial charge < -0.3 is 29.4 Å². The predicted molar refractivity (Wildman–Crippen MR) is 206 cm³/mol. The Bertz CT molecular complexity index is 2300. The molecule has 0 spiro atoms. The van der Waals surface area contributed by atoms with Crippen molar-refractivity contribution < 1.29 is 36.6 Å². The van der Waals surface area contributed by atoms with Crippen molar-refractivity contribution in [2.75, 3.05) is 5.32 Å². The number of carbonyl (C=O) groups excluding carboxylic acids is 1. The van der Waals surface area contributed by atoms with E-state index in [-0.39, 0.29) is 16.6 Å². The molecule has 4 aromatic rings. The van der Waals surface area contributed by atoms with Gasteiger partial charge in [-0.1, -0.05) is 12.1 Å². The first kappa shape index (κ1) is 40.9. The van der Waals surface area contributed by atoms with Gasteiger partial charge in [0.05, 0.1) is 24.9 Å². The smallest absolute Gasteiger partial charge is 0.333 e. The topological polar surface area (TPSA) is 245 Å². The minimum absolute atomic E-state index is 0.187. The Morgan fingerprint density at radius 2 is 1.21 bits per heavy atom. The lowest BCUT2D eigenvalue weighted by Gasteiger charge is -2.16. The molecule has 0 bridgehead atoms. The Hall–Kier alpha value is -4.80. The number of aliphatic hydroxyl groups is 2. The molecule has 300 valence electrons. The number of fused-ring (bicyclic) bond motifs is 4. The van der Waals surface area contributed by atoms with Crippen LogP contribution in [0.25, 0.3) is 0 Å². The molecule has 16 nitrogen and oxygen atoms in total. The molecule has 4 aliphatic carbocycles. The molecule has 2 amide bonds. The third kappa shape index (κ3) is 9.59. The number of hydrogen-bond donors (Lipinski definition) is 5. The Balaban J connectivity index is 0.000000159. The highest BCUT2D eigenvalue weighted by Gasteiger charge is 2.28. The van der Waals surface area contributed by atoms with E-state index in [1.807, 2.05) is 6.26 Å². The maximum atomic E-state index is 12.5. The number of urea groups is 1. The number of nitrogens with one attached hydrogen (secondary N) is 2. The molecule has 6 N–H and O–H groups in total. The van der Waals surface area contributed by atoms with Crippen LogP contribution < -0.4 is 19.9 Å². The van der Waals surface area contributed by atoms with E-state index in [1.54, 1.807) is 13.8 Å². The molecule has 56 heavy (non-hydrogen) atoms. The maximum absolute atomic E-state index is 12.5. The normalized spacial score (nSPS) is 16.1. The highest BCUT2D eigenvalue weighted by atomic mass is 32.2. The first-order chi connectivity index (χ1) is 26.6. The molecule has 8 rings (SSSR count). The van der Waals surface area contributed by atoms with Crippen molar-refractivity contribution in [2.24, 2.45) is 5.14 Å². The number of primary sulfonamides is 1. The van der Waals surface area contributed by atoms with Crippen molar-refractivity contribution in [1.29, 1.82) is 5.26 Å². The number of amides is 2. The van der Waals surface area contributed by atoms with E-state index < -0.39 is 38.3 Å². The van der Waals surface area contributed by atoms with E-state index >= 15 is 0 Å². The summed E-state index contributed by atoms with van der Waals surface area (Å²) in [5.41, 5.74) is 11.0. The molecule has 0 radical (unpaired) electrons. The van der Waals surface area contributed by atoms with E-state index in [9.17, 15) is 26.7 Å². The lowest BCUT2D eigenvalue weighted by atomic mass is 9.99. The zero-order valence-corrected chi connectivity index (χ0v) is 33.1. The van der Waals surface area contributed by atoms with Crippen molar-refractivity contribution in [1.82, 2.24) is 23.8 Å². The fraction of sp³-hybridized carbons (Fsp3) is 0.474. The molecule has 2 aromatic heterocycles. The Morgan fingerprint density at radius 3 is 1.64 bits per heavy atom. The molecule has 2 aromatic carbocycles. The van der Waals surface area contributed by atoms with E-state index in [4.69, 9.17) is 20.2 Å². The zero-order chi connectivity index (χ0) is 40.2. The molecule has 0 unspecified atom stereocenters. The molecule has 0 saturated heterocycles. The van der Waals surface area contributed by atoms with Gasteiger partial charge in [0.2, 0.25) is 0 Å². The van der Waals surface area contributed by atoms with E-state index in [0.29, 0.717) is 6.54 Å². The fourth-order valence-corrected chi connectivity index (χ4v) is 9.32. The summed E-state index contributed by atoms with van der Waals surface area (Å²) in [5.74, 6) is 0.903. The van der Waals surface area contributed by atoms with Crippen LogP contribution >= 0.6 is 0 Å². The standard InChI is InChI=1S/C19H24N4O4S.C13H13NO.C6H11N3O3S/c1-12(24)9-23-10-17(20-11-23)28(26,27)22-19(25)21-18-15-6-2-4-13(15)8-14-5-3-7-16(14)18;14-8-15-13-11-5-1-3-9(11)7-10-4-2-6-12(10)13;1-5(10)2-9-3-6(8-4-9)13(7,11)12/h8,10-12,24H,2-7,9H2,1H3,(H2,21,22,25);7H,1-6H2;3-5,10H,2H2,1H3,(H2,7,11,12)/t12-;;5-/m1.1/s1. The summed E-state index contributed by atoms with van der Waals surface area (Å²) in [6.07, 6.45) is 18.6. The minimum Gasteiger partial charge on any atom is -0.392 e. The summed E-state index contributed by atoms with van der Waals surface area (Å²) in [6, 6.07) is 3.81. The van der Waals surface area contributed by atoms with Gasteiger partial charge in [0.1, 0.15) is 5.75 Å². The number of ether oxygens (including phenoxy) is 1. The predicted octanol–water partition coefficient (Wildman–Crippen LogP) is 3.19. The molecular weight excluding hydrogens is 761 g/mol. The van der Waals surface area contributed by atoms with Gasteiger partial charge in [-0.05, 0) is 135 Å². The van der Waals surface area contributed by atoms with Gasteiger partial charge in [-0.3, -0.25) is 0 Å². The number of aliphatic hydroxyl groups excluding tert-OH is 2. The lowest BCUT2D eigenvalue weighted by molar-refractivity contribution is 0.173. The first-order valence-corrected chi connectivity index (χ1v) is 21.8. The average Bonchev–Trinajstić information content (AvgIpc) is 3.96. The second kappa shape index (κ2) is 17.1. The minimum atomic E-state index is -4.10. The van der Waals surface area contributed by atoms with Crippen LogP contribution in [0.4, 0.5) is 10.5 Å². The van der Waals surface area contributed by atoms with Gasteiger partial charge >= 0.3 is 6.03 Å². The van der Waals surface area contributed by atoms with Crippen LogP contribution in [0.2, 0.25) is 0 Å². The second-order valence-electron chi connectivity index (χ2n) is 14.7. The summed E-state index contributed by atoms with van der Waals surface area (Å²) in [6.45, 7) is 3.70. The summed E-state index contributed by atoms with van der Waals surface area (Å²) in [5, 5.41) is 34.3. The van der Waals surface area contributed by atoms with Gasteiger partial charge in [-0.15, -0.1) is 5.26 Å². The van der Waals surface area contributed by atoms with Crippen LogP contribution in [0.3, 0.4) is 0 Å². The van der Waals surface area contributed by atoms with Crippen LogP contribution in [0.1, 0.15) is 84.0 Å². The zero-order valence-electron chi connectivity index (χ0n) is 31.5. The van der Waals surface area contributed by atoms with Gasteiger partial charge in [0, 0.05) is 31.2 Å². The Labute approximate surface area is 326 Å². The lowest BCUT2D eigenvalue weighted by Crippen LogP contribution is -2.35. The molecule has 2 atom stereocenters. The number of rotatable bonds is 9. The number of hydrogen-bond acceptors (Lipinski definition) is 11. The number of aryl methyl sites for hydroxylation is 4. The second-order valence-corrected chi connectivity index (χ2v) is 17.9. The molecule has 18 heteroatoms. The fourth-order valence-electron chi connectivity index (χ4n) is 7.99. The maximum Gasteiger partial charge on any atom is 0.333 e. The van der Waals surface area contributed by atoms with Crippen LogP contribution in [-0.4, -0.2) is 64.4 Å². The Kier molecular flexibility index (Phi) is 12.5. The van der Waals surface area contributed by atoms with Crippen molar-refractivity contribution in [3.8, 4) is 12.0 Å². The van der Waals surface area contributed by atoms with Crippen LogP contribution in [-0.2, 0) is 84.5 Å². The van der Waals surface area contributed by atoms with Crippen molar-refractivity contribution in [2.45, 2.75) is 126 Å². The van der Waals surface area contributed by atoms with Crippen LogP contribution in [0.5, 0.6) is 5.75 Å². The summed E-state index contributed by atoms with van der Waals surface area (Å²) < 4.78 is 56.7. The average molecular weight is 809 g/mol. The third-order valence-corrected chi connectivity index (χ3v) is 12.2. The summed E-state index contributed by atoms with van der Waals surface area (Å²) >= 11 is 0. The van der Waals surface area contributed by atoms with Crippen molar-refractivity contribution in [3.63, 3.8) is 0 Å². The molecular formula is C38H48N8O8S2. The van der Waals surface area contributed by atoms with E-state index in [0.717, 1.165) is 86.8 Å². The number of nitrogens with two attached hydrogens (primary N) is 1. The van der Waals surface area contributed by atoms with Gasteiger partial charge in [0.15, 0.2) is 10.1 Å². The summed E-state index contributed by atoms with van der Waals surface area (Å²) in [7, 11) is -7.83. The number of sulfonamides is 2. The monoisotopic (exact) mass is 808 g/mol. The third-order valence-electron chi connectivity index (χ3n) is 10.2. The highest BCUT2D eigenvalue weighted by molar-refractivity contribution is 7.90. The first-order valence-electron chi connectivity index (χ1n) is 18.8. The molecule has 2 heterocycles. The van der Waals surface area contributed by atoms with E-state index in [1.165, 1.54) is 80.4 Å². The molecule has 0 saturated carbocycles. The number of benzene rings is 2.